The molecule has 3 aromatic rings. The molecule has 0 aliphatic carbocycles. The van der Waals surface area contributed by atoms with E-state index < -0.39 is 0 Å². The monoisotopic (exact) mass is 350 g/mol. The van der Waals surface area contributed by atoms with Crippen LogP contribution < -0.4 is 20.9 Å². The second kappa shape index (κ2) is 7.35. The first-order valence-corrected chi connectivity index (χ1v) is 8.73. The fourth-order valence-electron chi connectivity index (χ4n) is 3.18. The van der Waals surface area contributed by atoms with E-state index in [1.165, 1.54) is 5.69 Å². The number of rotatable bonds is 5. The van der Waals surface area contributed by atoms with E-state index in [1.54, 1.807) is 12.6 Å². The van der Waals surface area contributed by atoms with Crippen molar-refractivity contribution >= 4 is 23.0 Å². The molecule has 0 bridgehead atoms. The molecule has 1 aromatic carbocycles. The van der Waals surface area contributed by atoms with Gasteiger partial charge in [0.25, 0.3) is 0 Å². The quantitative estimate of drug-likeness (QED) is 0.732. The maximum atomic E-state index is 6.33. The van der Waals surface area contributed by atoms with Gasteiger partial charge in [-0.3, -0.25) is 0 Å². The zero-order valence-electron chi connectivity index (χ0n) is 14.5. The van der Waals surface area contributed by atoms with Gasteiger partial charge in [-0.2, -0.15) is 0 Å². The summed E-state index contributed by atoms with van der Waals surface area (Å²) in [6, 6.07) is 14.2. The van der Waals surface area contributed by atoms with Gasteiger partial charge in [0.2, 0.25) is 0 Å². The third-order valence-corrected chi connectivity index (χ3v) is 4.57. The van der Waals surface area contributed by atoms with Crippen molar-refractivity contribution in [1.82, 2.24) is 9.97 Å². The molecule has 0 atom stereocenters. The Morgan fingerprint density at radius 3 is 2.46 bits per heavy atom. The average Bonchev–Trinajstić information content (AvgIpc) is 3.22. The molecule has 7 heteroatoms. The molecule has 26 heavy (non-hydrogen) atoms. The standard InChI is InChI=1S/C19H22N6O/c20-17-18(21-13-16-7-4-12-26-16)22-14-23-19(17)25-10-8-24(9-11-25)15-5-2-1-3-6-15/h1-7,12,14H,8-11,13,20H2,(H,21,22,23). The van der Waals surface area contributed by atoms with E-state index in [0.29, 0.717) is 18.1 Å². The van der Waals surface area contributed by atoms with E-state index in [0.717, 1.165) is 37.8 Å². The van der Waals surface area contributed by atoms with Crippen molar-refractivity contribution in [2.24, 2.45) is 0 Å². The van der Waals surface area contributed by atoms with Crippen molar-refractivity contribution < 1.29 is 4.42 Å². The van der Waals surface area contributed by atoms with Gasteiger partial charge in [-0.15, -0.1) is 0 Å². The zero-order chi connectivity index (χ0) is 17.8. The number of hydrogen-bond donors (Lipinski definition) is 2. The lowest BCUT2D eigenvalue weighted by atomic mass is 10.2. The highest BCUT2D eigenvalue weighted by atomic mass is 16.3. The molecule has 1 saturated heterocycles. The van der Waals surface area contributed by atoms with Gasteiger partial charge in [0.05, 0.1) is 12.8 Å². The van der Waals surface area contributed by atoms with Crippen molar-refractivity contribution in [2.45, 2.75) is 6.54 Å². The summed E-state index contributed by atoms with van der Waals surface area (Å²) >= 11 is 0. The van der Waals surface area contributed by atoms with Gasteiger partial charge in [-0.05, 0) is 24.3 Å². The van der Waals surface area contributed by atoms with Crippen LogP contribution in [0.3, 0.4) is 0 Å². The largest absolute Gasteiger partial charge is 0.467 e. The number of nitrogens with two attached hydrogens (primary N) is 1. The van der Waals surface area contributed by atoms with Crippen LogP contribution in [0.2, 0.25) is 0 Å². The van der Waals surface area contributed by atoms with Gasteiger partial charge < -0.3 is 25.3 Å². The minimum Gasteiger partial charge on any atom is -0.467 e. The first-order valence-electron chi connectivity index (χ1n) is 8.73. The highest BCUT2D eigenvalue weighted by molar-refractivity contribution is 5.75. The van der Waals surface area contributed by atoms with Crippen LogP contribution >= 0.6 is 0 Å². The minimum absolute atomic E-state index is 0.537. The fourth-order valence-corrected chi connectivity index (χ4v) is 3.18. The molecular formula is C19H22N6O. The normalized spacial score (nSPS) is 14.5. The lowest BCUT2D eigenvalue weighted by Crippen LogP contribution is -2.47. The number of nitrogens with zero attached hydrogens (tertiary/aromatic N) is 4. The number of para-hydroxylation sites is 1. The predicted octanol–water partition coefficient (Wildman–Crippen LogP) is 2.59. The highest BCUT2D eigenvalue weighted by Gasteiger charge is 2.21. The van der Waals surface area contributed by atoms with Crippen LogP contribution in [-0.4, -0.2) is 36.1 Å². The molecular weight excluding hydrogens is 328 g/mol. The Morgan fingerprint density at radius 1 is 0.962 bits per heavy atom. The smallest absolute Gasteiger partial charge is 0.157 e. The number of hydrogen-bond acceptors (Lipinski definition) is 7. The van der Waals surface area contributed by atoms with Gasteiger partial charge in [0.1, 0.15) is 17.8 Å². The molecule has 134 valence electrons. The van der Waals surface area contributed by atoms with E-state index in [9.17, 15) is 0 Å². The van der Waals surface area contributed by atoms with Crippen molar-refractivity contribution in [3.63, 3.8) is 0 Å². The van der Waals surface area contributed by atoms with Gasteiger partial charge in [-0.1, -0.05) is 18.2 Å². The van der Waals surface area contributed by atoms with Crippen LogP contribution in [0.4, 0.5) is 23.0 Å². The number of benzene rings is 1. The number of piperazine rings is 1. The SMILES string of the molecule is Nc1c(NCc2ccco2)ncnc1N1CCN(c2ccccc2)CC1. The molecule has 0 amide bonds. The highest BCUT2D eigenvalue weighted by Crippen LogP contribution is 2.28. The maximum Gasteiger partial charge on any atom is 0.157 e. The Morgan fingerprint density at radius 2 is 1.73 bits per heavy atom. The number of aromatic nitrogens is 2. The van der Waals surface area contributed by atoms with Crippen molar-refractivity contribution in [3.8, 4) is 0 Å². The van der Waals surface area contributed by atoms with E-state index in [2.05, 4.69) is 49.4 Å². The molecule has 0 saturated carbocycles. The van der Waals surface area contributed by atoms with Crippen molar-refractivity contribution in [1.29, 1.82) is 0 Å². The molecule has 1 aliphatic rings. The Kier molecular flexibility index (Phi) is 4.59. The molecule has 1 aliphatic heterocycles. The topological polar surface area (TPSA) is 83.4 Å². The van der Waals surface area contributed by atoms with E-state index in [1.807, 2.05) is 18.2 Å². The lowest BCUT2D eigenvalue weighted by molar-refractivity contribution is 0.518. The van der Waals surface area contributed by atoms with Gasteiger partial charge in [0, 0.05) is 31.9 Å². The first-order chi connectivity index (χ1) is 12.8. The van der Waals surface area contributed by atoms with Crippen LogP contribution in [0.5, 0.6) is 0 Å². The predicted molar refractivity (Wildman–Crippen MR) is 103 cm³/mol. The van der Waals surface area contributed by atoms with E-state index in [4.69, 9.17) is 10.2 Å². The summed E-state index contributed by atoms with van der Waals surface area (Å²) in [7, 11) is 0. The second-order valence-corrected chi connectivity index (χ2v) is 6.20. The summed E-state index contributed by atoms with van der Waals surface area (Å²) in [4.78, 5) is 13.3. The summed E-state index contributed by atoms with van der Waals surface area (Å²) in [5.74, 6) is 2.26. The number of nitrogen functional groups attached to an aromatic ring is 1. The molecule has 7 nitrogen and oxygen atoms in total. The number of nitrogens with one attached hydrogen (secondary N) is 1. The Hall–Kier alpha value is -3.22. The van der Waals surface area contributed by atoms with E-state index >= 15 is 0 Å². The Labute approximate surface area is 152 Å². The third kappa shape index (κ3) is 3.42. The molecule has 3 heterocycles. The van der Waals surface area contributed by atoms with Crippen molar-refractivity contribution in [3.05, 3.63) is 60.8 Å². The Balaban J connectivity index is 1.42. The fraction of sp³-hybridized carbons (Fsp3) is 0.263. The lowest BCUT2D eigenvalue weighted by Gasteiger charge is -2.37. The molecule has 0 unspecified atom stereocenters. The maximum absolute atomic E-state index is 6.33. The van der Waals surface area contributed by atoms with Crippen LogP contribution in [0.25, 0.3) is 0 Å². The molecule has 0 radical (unpaired) electrons. The Bertz CT molecular complexity index is 829. The summed E-state index contributed by atoms with van der Waals surface area (Å²) in [5.41, 5.74) is 8.16. The van der Waals surface area contributed by atoms with Gasteiger partial charge in [-0.25, -0.2) is 9.97 Å². The van der Waals surface area contributed by atoms with Crippen molar-refractivity contribution in [2.75, 3.05) is 47.0 Å². The summed E-state index contributed by atoms with van der Waals surface area (Å²) in [5, 5.41) is 3.22. The van der Waals surface area contributed by atoms with Gasteiger partial charge in [0.15, 0.2) is 11.6 Å². The second-order valence-electron chi connectivity index (χ2n) is 6.20. The van der Waals surface area contributed by atoms with Crippen LogP contribution in [0.1, 0.15) is 5.76 Å². The molecule has 1 fully saturated rings. The first kappa shape index (κ1) is 16.3. The number of furan rings is 1. The molecule has 0 spiro atoms. The van der Waals surface area contributed by atoms with Crippen LogP contribution in [0.15, 0.2) is 59.5 Å². The average molecular weight is 350 g/mol. The van der Waals surface area contributed by atoms with Crippen LogP contribution in [0, 0.1) is 0 Å². The summed E-state index contributed by atoms with van der Waals surface area (Å²) in [6.45, 7) is 4.14. The molecule has 4 rings (SSSR count). The summed E-state index contributed by atoms with van der Waals surface area (Å²) in [6.07, 6.45) is 3.21. The van der Waals surface area contributed by atoms with Gasteiger partial charge >= 0.3 is 0 Å². The number of anilines is 4. The zero-order valence-corrected chi connectivity index (χ0v) is 14.5. The van der Waals surface area contributed by atoms with E-state index in [-0.39, 0.29) is 0 Å². The van der Waals surface area contributed by atoms with Crippen LogP contribution in [-0.2, 0) is 6.54 Å². The molecule has 2 aromatic heterocycles. The minimum atomic E-state index is 0.537. The molecule has 3 N–H and O–H groups in total. The summed E-state index contributed by atoms with van der Waals surface area (Å²) < 4.78 is 5.33. The third-order valence-electron chi connectivity index (χ3n) is 4.57.